The van der Waals surface area contributed by atoms with Gasteiger partial charge in [-0.05, 0) is 53.6 Å². The molecule has 5 aromatic rings. The Bertz CT molecular complexity index is 1800. The van der Waals surface area contributed by atoms with Crippen LogP contribution in [0.4, 0.5) is 0 Å². The van der Waals surface area contributed by atoms with Crippen LogP contribution in [0.25, 0.3) is 21.7 Å². The van der Waals surface area contributed by atoms with Gasteiger partial charge in [-0.25, -0.2) is 0 Å². The number of hydrogen-bond donors (Lipinski definition) is 0. The first kappa shape index (κ1) is 24.1. The van der Waals surface area contributed by atoms with E-state index in [0.29, 0.717) is 16.9 Å². The zero-order chi connectivity index (χ0) is 26.9. The summed E-state index contributed by atoms with van der Waals surface area (Å²) >= 11 is 0. The van der Waals surface area contributed by atoms with Gasteiger partial charge in [0.25, 0.3) is 11.8 Å². The van der Waals surface area contributed by atoms with Crippen molar-refractivity contribution in [3.05, 3.63) is 113 Å². The zero-order valence-corrected chi connectivity index (χ0v) is 20.6. The smallest absolute Gasteiger partial charge is 0.311 e. The first-order chi connectivity index (χ1) is 19.0. The fraction of sp³-hybridized carbons (Fsp3) is 0.0968. The number of esters is 1. The van der Waals surface area contributed by atoms with Gasteiger partial charge in [0.2, 0.25) is 11.2 Å². The molecule has 0 radical (unpaired) electrons. The molecule has 1 aliphatic heterocycles. The topological polar surface area (TPSA) is 103 Å². The molecular formula is C31H21NO7. The van der Waals surface area contributed by atoms with Crippen molar-refractivity contribution in [3.8, 4) is 17.2 Å². The van der Waals surface area contributed by atoms with Crippen molar-refractivity contribution in [2.75, 3.05) is 6.54 Å². The highest BCUT2D eigenvalue weighted by Crippen LogP contribution is 2.27. The van der Waals surface area contributed by atoms with E-state index in [1.807, 2.05) is 36.4 Å². The third-order valence-electron chi connectivity index (χ3n) is 6.54. The Morgan fingerprint density at radius 1 is 0.769 bits per heavy atom. The second-order valence-electron chi connectivity index (χ2n) is 9.08. The molecule has 4 aromatic carbocycles. The summed E-state index contributed by atoms with van der Waals surface area (Å²) in [6.45, 7) is 0.105. The standard InChI is InChI=1S/C31H21NO7/c33-28(10-5-15-32-30(35)23-8-3-4-9-24(23)31(32)36)39-22-13-14-25-26(17-22)37-18-27(29(25)34)38-21-12-11-19-6-1-2-7-20(19)16-21/h1-4,6-9,11-14,16-18H,5,10,15H2. The number of amides is 2. The Labute approximate surface area is 222 Å². The fourth-order valence-electron chi connectivity index (χ4n) is 4.59. The number of benzene rings is 4. The molecule has 1 aliphatic rings. The summed E-state index contributed by atoms with van der Waals surface area (Å²) in [4.78, 5) is 51.4. The van der Waals surface area contributed by atoms with Crippen molar-refractivity contribution in [1.29, 1.82) is 0 Å². The highest BCUT2D eigenvalue weighted by molar-refractivity contribution is 6.21. The van der Waals surface area contributed by atoms with E-state index in [0.717, 1.165) is 15.7 Å². The summed E-state index contributed by atoms with van der Waals surface area (Å²) in [5.74, 6) is -0.512. The van der Waals surface area contributed by atoms with Crippen molar-refractivity contribution in [3.63, 3.8) is 0 Å². The molecule has 8 nitrogen and oxygen atoms in total. The molecule has 2 heterocycles. The number of carbonyl (C=O) groups is 3. The van der Waals surface area contributed by atoms with Gasteiger partial charge in [0.1, 0.15) is 23.3 Å². The zero-order valence-electron chi connectivity index (χ0n) is 20.6. The quantitative estimate of drug-likeness (QED) is 0.154. The maximum absolute atomic E-state index is 13.0. The van der Waals surface area contributed by atoms with Crippen molar-refractivity contribution >= 4 is 39.5 Å². The number of fused-ring (bicyclic) bond motifs is 3. The Morgan fingerprint density at radius 3 is 2.23 bits per heavy atom. The molecule has 192 valence electrons. The third-order valence-corrected chi connectivity index (χ3v) is 6.54. The van der Waals surface area contributed by atoms with E-state index in [1.54, 1.807) is 30.3 Å². The van der Waals surface area contributed by atoms with Gasteiger partial charge in [-0.1, -0.05) is 42.5 Å². The first-order valence-electron chi connectivity index (χ1n) is 12.4. The Morgan fingerprint density at radius 2 is 1.46 bits per heavy atom. The van der Waals surface area contributed by atoms with Gasteiger partial charge in [0.15, 0.2) is 0 Å². The molecule has 0 fully saturated rings. The number of nitrogens with zero attached hydrogens (tertiary/aromatic N) is 1. The van der Waals surface area contributed by atoms with Crippen LogP contribution in [0.5, 0.6) is 17.2 Å². The summed E-state index contributed by atoms with van der Waals surface area (Å²) in [6, 6.07) is 24.5. The molecule has 0 spiro atoms. The highest BCUT2D eigenvalue weighted by Gasteiger charge is 2.34. The van der Waals surface area contributed by atoms with Crippen LogP contribution >= 0.6 is 0 Å². The van der Waals surface area contributed by atoms with Crippen LogP contribution in [-0.2, 0) is 4.79 Å². The van der Waals surface area contributed by atoms with Crippen molar-refractivity contribution in [1.82, 2.24) is 4.90 Å². The van der Waals surface area contributed by atoms with E-state index >= 15 is 0 Å². The second-order valence-corrected chi connectivity index (χ2v) is 9.08. The van der Waals surface area contributed by atoms with Crippen LogP contribution in [0, 0.1) is 0 Å². The van der Waals surface area contributed by atoms with Crippen LogP contribution in [-0.4, -0.2) is 29.2 Å². The summed E-state index contributed by atoms with van der Waals surface area (Å²) in [6.07, 6.45) is 1.48. The van der Waals surface area contributed by atoms with Crippen LogP contribution in [0.15, 0.2) is 100 Å². The van der Waals surface area contributed by atoms with Gasteiger partial charge in [0.05, 0.1) is 16.5 Å². The normalized spacial score (nSPS) is 12.7. The summed E-state index contributed by atoms with van der Waals surface area (Å²) < 4.78 is 16.8. The van der Waals surface area contributed by atoms with Gasteiger partial charge in [-0.2, -0.15) is 0 Å². The van der Waals surface area contributed by atoms with E-state index in [4.69, 9.17) is 13.9 Å². The average Bonchev–Trinajstić information content (AvgIpc) is 3.19. The molecule has 8 heteroatoms. The van der Waals surface area contributed by atoms with E-state index in [-0.39, 0.29) is 59.1 Å². The van der Waals surface area contributed by atoms with Crippen LogP contribution < -0.4 is 14.9 Å². The molecule has 0 saturated heterocycles. The van der Waals surface area contributed by atoms with E-state index in [9.17, 15) is 19.2 Å². The van der Waals surface area contributed by atoms with Gasteiger partial charge in [-0.3, -0.25) is 24.1 Å². The third kappa shape index (κ3) is 4.64. The number of rotatable bonds is 7. The molecule has 6 rings (SSSR count). The molecular weight excluding hydrogens is 498 g/mol. The lowest BCUT2D eigenvalue weighted by atomic mass is 10.1. The SMILES string of the molecule is O=C(CCCN1C(=O)c2ccccc2C1=O)Oc1ccc2c(=O)c(Oc3ccc4ccccc4c3)coc2c1. The lowest BCUT2D eigenvalue weighted by molar-refractivity contribution is -0.134. The largest absolute Gasteiger partial charge is 0.460 e. The first-order valence-corrected chi connectivity index (χ1v) is 12.4. The maximum Gasteiger partial charge on any atom is 0.311 e. The van der Waals surface area contributed by atoms with Crippen LogP contribution in [0.1, 0.15) is 33.6 Å². The number of carbonyl (C=O) groups excluding carboxylic acids is 3. The number of imide groups is 1. The Kier molecular flexibility index (Phi) is 6.13. The number of hydrogen-bond acceptors (Lipinski definition) is 7. The van der Waals surface area contributed by atoms with Crippen LogP contribution in [0.2, 0.25) is 0 Å². The average molecular weight is 520 g/mol. The maximum atomic E-state index is 13.0. The lowest BCUT2D eigenvalue weighted by Crippen LogP contribution is -2.31. The lowest BCUT2D eigenvalue weighted by Gasteiger charge is -2.13. The fourth-order valence-corrected chi connectivity index (χ4v) is 4.59. The monoisotopic (exact) mass is 519 g/mol. The summed E-state index contributed by atoms with van der Waals surface area (Å²) in [7, 11) is 0. The molecule has 2 amide bonds. The van der Waals surface area contributed by atoms with E-state index in [1.165, 1.54) is 24.5 Å². The predicted octanol–water partition coefficient (Wildman–Crippen LogP) is 5.72. The molecule has 0 atom stereocenters. The minimum absolute atomic E-state index is 0.00603. The molecule has 0 bridgehead atoms. The molecule has 1 aromatic heterocycles. The second kappa shape index (κ2) is 9.90. The molecule has 0 saturated carbocycles. The van der Waals surface area contributed by atoms with Gasteiger partial charge < -0.3 is 13.9 Å². The summed E-state index contributed by atoms with van der Waals surface area (Å²) in [5, 5.41) is 2.31. The predicted molar refractivity (Wildman–Crippen MR) is 143 cm³/mol. The molecule has 0 unspecified atom stereocenters. The minimum Gasteiger partial charge on any atom is -0.460 e. The summed E-state index contributed by atoms with van der Waals surface area (Å²) in [5.41, 5.74) is 0.618. The van der Waals surface area contributed by atoms with Crippen molar-refractivity contribution in [2.24, 2.45) is 0 Å². The Hall–Kier alpha value is -5.24. The molecule has 0 aliphatic carbocycles. The van der Waals surface area contributed by atoms with Crippen LogP contribution in [0.3, 0.4) is 0 Å². The molecule has 0 N–H and O–H groups in total. The van der Waals surface area contributed by atoms with E-state index in [2.05, 4.69) is 0 Å². The van der Waals surface area contributed by atoms with Crippen molar-refractivity contribution in [2.45, 2.75) is 12.8 Å². The van der Waals surface area contributed by atoms with Gasteiger partial charge in [0, 0.05) is 19.0 Å². The number of ether oxygens (including phenoxy) is 2. The molecule has 39 heavy (non-hydrogen) atoms. The highest BCUT2D eigenvalue weighted by atomic mass is 16.5. The van der Waals surface area contributed by atoms with Gasteiger partial charge >= 0.3 is 5.97 Å². The Balaban J connectivity index is 1.09. The minimum atomic E-state index is -0.537. The van der Waals surface area contributed by atoms with Gasteiger partial charge in [-0.15, -0.1) is 0 Å². The van der Waals surface area contributed by atoms with Crippen molar-refractivity contribution < 1.29 is 28.3 Å². The van der Waals surface area contributed by atoms with E-state index < -0.39 is 5.97 Å².